The smallest absolute Gasteiger partial charge is 0.259 e. The van der Waals surface area contributed by atoms with Crippen LogP contribution in [0, 0.1) is 0 Å². The van der Waals surface area contributed by atoms with Gasteiger partial charge in [0, 0.05) is 30.1 Å². The van der Waals surface area contributed by atoms with Crippen LogP contribution in [0.15, 0.2) is 128 Å². The SMILES string of the molecule is O=C(c1ccnc(CCOc2ccc(OCc3ccccc3)cc2)c1)N(Cc1ccccc1)c1ccccn1. The van der Waals surface area contributed by atoms with Crippen LogP contribution in [0.25, 0.3) is 0 Å². The number of anilines is 1. The highest BCUT2D eigenvalue weighted by Gasteiger charge is 2.19. The highest BCUT2D eigenvalue weighted by atomic mass is 16.5. The minimum atomic E-state index is -0.131. The van der Waals surface area contributed by atoms with Gasteiger partial charge in [0.25, 0.3) is 5.91 Å². The van der Waals surface area contributed by atoms with Gasteiger partial charge >= 0.3 is 0 Å². The second-order valence-electron chi connectivity index (χ2n) is 8.94. The average molecular weight is 516 g/mol. The van der Waals surface area contributed by atoms with Crippen molar-refractivity contribution in [3.05, 3.63) is 150 Å². The lowest BCUT2D eigenvalue weighted by Crippen LogP contribution is -2.31. The van der Waals surface area contributed by atoms with E-state index in [9.17, 15) is 4.79 Å². The first-order valence-electron chi connectivity index (χ1n) is 12.9. The van der Waals surface area contributed by atoms with Crippen molar-refractivity contribution in [3.8, 4) is 11.5 Å². The van der Waals surface area contributed by atoms with E-state index >= 15 is 0 Å². The molecular formula is C33H29N3O3. The molecule has 0 fully saturated rings. The summed E-state index contributed by atoms with van der Waals surface area (Å²) < 4.78 is 11.8. The number of aromatic nitrogens is 2. The number of amides is 1. The van der Waals surface area contributed by atoms with E-state index in [2.05, 4.69) is 9.97 Å². The lowest BCUT2D eigenvalue weighted by atomic mass is 10.1. The molecule has 39 heavy (non-hydrogen) atoms. The molecule has 6 nitrogen and oxygen atoms in total. The highest BCUT2D eigenvalue weighted by molar-refractivity contribution is 6.05. The van der Waals surface area contributed by atoms with E-state index in [-0.39, 0.29) is 5.91 Å². The molecule has 0 N–H and O–H groups in total. The van der Waals surface area contributed by atoms with Crippen molar-refractivity contribution < 1.29 is 14.3 Å². The number of benzene rings is 3. The van der Waals surface area contributed by atoms with Gasteiger partial charge in [-0.05, 0) is 59.7 Å². The van der Waals surface area contributed by atoms with Gasteiger partial charge in [0.2, 0.25) is 0 Å². The van der Waals surface area contributed by atoms with E-state index in [1.54, 1.807) is 23.4 Å². The van der Waals surface area contributed by atoms with Crippen LogP contribution in [0.4, 0.5) is 5.82 Å². The third-order valence-electron chi connectivity index (χ3n) is 6.12. The first kappa shape index (κ1) is 25.7. The van der Waals surface area contributed by atoms with Crippen LogP contribution in [-0.4, -0.2) is 22.5 Å². The fraction of sp³-hybridized carbons (Fsp3) is 0.121. The van der Waals surface area contributed by atoms with E-state index in [1.165, 1.54) is 0 Å². The second kappa shape index (κ2) is 13.0. The zero-order valence-electron chi connectivity index (χ0n) is 21.5. The van der Waals surface area contributed by atoms with Gasteiger partial charge in [-0.1, -0.05) is 66.7 Å². The number of hydrogen-bond acceptors (Lipinski definition) is 5. The third kappa shape index (κ3) is 7.29. The number of ether oxygens (including phenoxy) is 2. The zero-order valence-corrected chi connectivity index (χ0v) is 21.5. The fourth-order valence-corrected chi connectivity index (χ4v) is 4.09. The van der Waals surface area contributed by atoms with Gasteiger partial charge in [0.15, 0.2) is 0 Å². The quantitative estimate of drug-likeness (QED) is 0.200. The topological polar surface area (TPSA) is 64.6 Å². The molecule has 6 heteroatoms. The number of hydrogen-bond donors (Lipinski definition) is 0. The van der Waals surface area contributed by atoms with E-state index in [0.29, 0.717) is 37.6 Å². The third-order valence-corrected chi connectivity index (χ3v) is 6.12. The summed E-state index contributed by atoms with van der Waals surface area (Å²) in [6.45, 7) is 1.37. The van der Waals surface area contributed by atoms with Crippen molar-refractivity contribution in [2.45, 2.75) is 19.6 Å². The van der Waals surface area contributed by atoms with Crippen molar-refractivity contribution in [2.24, 2.45) is 0 Å². The summed E-state index contributed by atoms with van der Waals surface area (Å²) in [7, 11) is 0. The average Bonchev–Trinajstić information content (AvgIpc) is 3.01. The van der Waals surface area contributed by atoms with Gasteiger partial charge in [-0.3, -0.25) is 14.7 Å². The monoisotopic (exact) mass is 515 g/mol. The molecule has 1 amide bonds. The van der Waals surface area contributed by atoms with Crippen LogP contribution < -0.4 is 14.4 Å². The maximum Gasteiger partial charge on any atom is 0.259 e. The molecule has 0 aliphatic rings. The molecular weight excluding hydrogens is 486 g/mol. The van der Waals surface area contributed by atoms with Crippen molar-refractivity contribution in [2.75, 3.05) is 11.5 Å². The van der Waals surface area contributed by atoms with Crippen LogP contribution in [0.1, 0.15) is 27.2 Å². The van der Waals surface area contributed by atoms with Gasteiger partial charge in [-0.15, -0.1) is 0 Å². The normalized spacial score (nSPS) is 10.6. The summed E-state index contributed by atoms with van der Waals surface area (Å²) in [5.41, 5.74) is 3.48. The van der Waals surface area contributed by atoms with E-state index in [0.717, 1.165) is 28.3 Å². The standard InChI is InChI=1S/C33H29N3O3/c37-33(36(32-13-7-8-20-35-32)24-26-9-3-1-4-10-26)28-18-21-34-29(23-28)19-22-38-30-14-16-31(17-15-30)39-25-27-11-5-2-6-12-27/h1-18,20-21,23H,19,22,24-25H2. The molecule has 0 bridgehead atoms. The lowest BCUT2D eigenvalue weighted by Gasteiger charge is -2.22. The summed E-state index contributed by atoms with van der Waals surface area (Å²) in [4.78, 5) is 24.1. The molecule has 0 atom stereocenters. The molecule has 0 saturated heterocycles. The molecule has 0 aliphatic carbocycles. The summed E-state index contributed by atoms with van der Waals surface area (Å²) in [6.07, 6.45) is 3.92. The van der Waals surface area contributed by atoms with Gasteiger partial charge < -0.3 is 9.47 Å². The summed E-state index contributed by atoms with van der Waals surface area (Å²) in [5.74, 6) is 2.00. The van der Waals surface area contributed by atoms with Crippen LogP contribution in [0.2, 0.25) is 0 Å². The lowest BCUT2D eigenvalue weighted by molar-refractivity contribution is 0.0984. The molecule has 0 aliphatic heterocycles. The summed E-state index contributed by atoms with van der Waals surface area (Å²) in [5, 5.41) is 0. The van der Waals surface area contributed by atoms with Gasteiger partial charge in [0.1, 0.15) is 23.9 Å². The molecule has 5 rings (SSSR count). The predicted octanol–water partition coefficient (Wildman–Crippen LogP) is 6.52. The first-order chi connectivity index (χ1) is 19.2. The Morgan fingerprint density at radius 2 is 1.33 bits per heavy atom. The molecule has 0 radical (unpaired) electrons. The Morgan fingerprint density at radius 3 is 2.03 bits per heavy atom. The van der Waals surface area contributed by atoms with E-state index in [4.69, 9.17) is 9.47 Å². The Labute approximate surface area is 228 Å². The number of carbonyl (C=O) groups is 1. The largest absolute Gasteiger partial charge is 0.493 e. The Kier molecular flexibility index (Phi) is 8.57. The summed E-state index contributed by atoms with van der Waals surface area (Å²) >= 11 is 0. The summed E-state index contributed by atoms with van der Waals surface area (Å²) in [6, 6.07) is 36.6. The van der Waals surface area contributed by atoms with Crippen LogP contribution >= 0.6 is 0 Å². The predicted molar refractivity (Wildman–Crippen MR) is 152 cm³/mol. The molecule has 0 spiro atoms. The van der Waals surface area contributed by atoms with Crippen LogP contribution in [-0.2, 0) is 19.6 Å². The molecule has 3 aromatic carbocycles. The van der Waals surface area contributed by atoms with E-state index in [1.807, 2.05) is 109 Å². The number of pyridine rings is 2. The van der Waals surface area contributed by atoms with Crippen LogP contribution in [0.3, 0.4) is 0 Å². The Morgan fingerprint density at radius 1 is 0.667 bits per heavy atom. The molecule has 2 heterocycles. The van der Waals surface area contributed by atoms with Crippen LogP contribution in [0.5, 0.6) is 11.5 Å². The van der Waals surface area contributed by atoms with Gasteiger partial charge in [-0.2, -0.15) is 0 Å². The number of nitrogens with zero attached hydrogens (tertiary/aromatic N) is 3. The number of carbonyl (C=O) groups excluding carboxylic acids is 1. The van der Waals surface area contributed by atoms with Crippen molar-refractivity contribution in [1.82, 2.24) is 9.97 Å². The highest BCUT2D eigenvalue weighted by Crippen LogP contribution is 2.20. The van der Waals surface area contributed by atoms with Gasteiger partial charge in [-0.25, -0.2) is 4.98 Å². The van der Waals surface area contributed by atoms with Gasteiger partial charge in [0.05, 0.1) is 13.2 Å². The molecule has 5 aromatic rings. The van der Waals surface area contributed by atoms with Crippen molar-refractivity contribution in [3.63, 3.8) is 0 Å². The number of rotatable bonds is 11. The maximum atomic E-state index is 13.6. The maximum absolute atomic E-state index is 13.6. The minimum absolute atomic E-state index is 0.131. The fourth-order valence-electron chi connectivity index (χ4n) is 4.09. The molecule has 2 aromatic heterocycles. The molecule has 0 unspecified atom stereocenters. The first-order valence-corrected chi connectivity index (χ1v) is 12.9. The second-order valence-corrected chi connectivity index (χ2v) is 8.94. The molecule has 0 saturated carbocycles. The Hall–Kier alpha value is -4.97. The Balaban J connectivity index is 1.19. The van der Waals surface area contributed by atoms with Crippen molar-refractivity contribution >= 4 is 11.7 Å². The minimum Gasteiger partial charge on any atom is -0.493 e. The Bertz CT molecular complexity index is 1460. The van der Waals surface area contributed by atoms with E-state index < -0.39 is 0 Å². The molecule has 194 valence electrons. The zero-order chi connectivity index (χ0) is 26.7. The van der Waals surface area contributed by atoms with Crippen molar-refractivity contribution in [1.29, 1.82) is 0 Å².